The van der Waals surface area contributed by atoms with Crippen LogP contribution in [0.2, 0.25) is 19.6 Å². The molecule has 0 amide bonds. The summed E-state index contributed by atoms with van der Waals surface area (Å²) in [6.07, 6.45) is 0. The van der Waals surface area contributed by atoms with E-state index < -0.39 is 7.75 Å². The van der Waals surface area contributed by atoms with E-state index in [1.807, 2.05) is 0 Å². The van der Waals surface area contributed by atoms with Crippen molar-refractivity contribution in [3.63, 3.8) is 0 Å². The lowest BCUT2D eigenvalue weighted by Gasteiger charge is -2.28. The fraction of sp³-hybridized carbons (Fsp3) is 1.00. The van der Waals surface area contributed by atoms with Gasteiger partial charge in [-0.1, -0.05) is 19.6 Å². The lowest BCUT2D eigenvalue weighted by Crippen LogP contribution is -2.48. The summed E-state index contributed by atoms with van der Waals surface area (Å²) in [5.41, 5.74) is 0. The van der Waals surface area contributed by atoms with Gasteiger partial charge in [0, 0.05) is 9.04 Å². The molecule has 1 nitrogen and oxygen atoms in total. The Morgan fingerprint density at radius 1 is 1.25 bits per heavy atom. The van der Waals surface area contributed by atoms with E-state index in [0.717, 1.165) is 9.04 Å². The molecular formula is C5H15NSi2. The summed E-state index contributed by atoms with van der Waals surface area (Å²) in [7, 11) is 4.60. The Bertz CT molecular complexity index is 70.8. The average Bonchev–Trinajstić information content (AvgIpc) is 1.67. The summed E-state index contributed by atoms with van der Waals surface area (Å²) < 4.78 is 2.39. The molecule has 0 fully saturated rings. The van der Waals surface area contributed by atoms with Crippen molar-refractivity contribution in [3.05, 3.63) is 0 Å². The van der Waals surface area contributed by atoms with Crippen molar-refractivity contribution < 1.29 is 0 Å². The summed E-state index contributed by atoms with van der Waals surface area (Å²) in [5.74, 6) is 0. The largest absolute Gasteiger partial charge is 0.332 e. The zero-order chi connectivity index (χ0) is 6.78. The van der Waals surface area contributed by atoms with Crippen LogP contribution in [0.4, 0.5) is 0 Å². The summed E-state index contributed by atoms with van der Waals surface area (Å²) >= 11 is 0. The highest BCUT2D eigenvalue weighted by molar-refractivity contribution is 7.21. The Morgan fingerprint density at radius 3 is 1.62 bits per heavy atom. The lowest BCUT2D eigenvalue weighted by atomic mass is 11.3. The van der Waals surface area contributed by atoms with Gasteiger partial charge in [0.2, 0.25) is 0 Å². The first-order valence-corrected chi connectivity index (χ1v) is 8.32. The first-order chi connectivity index (χ1) is 3.50. The fourth-order valence-electron chi connectivity index (χ4n) is 0.224. The minimum absolute atomic E-state index is 0.894. The summed E-state index contributed by atoms with van der Waals surface area (Å²) in [6.45, 7) is 7.09. The van der Waals surface area contributed by atoms with E-state index in [1.54, 1.807) is 0 Å². The van der Waals surface area contributed by atoms with Gasteiger partial charge in [0.05, 0.1) is 0 Å². The van der Waals surface area contributed by atoms with E-state index in [4.69, 9.17) is 0 Å². The Balaban J connectivity index is 3.71. The van der Waals surface area contributed by atoms with Crippen molar-refractivity contribution in [2.45, 2.75) is 19.6 Å². The zero-order valence-corrected chi connectivity index (χ0v) is 8.45. The summed E-state index contributed by atoms with van der Waals surface area (Å²) in [5, 5.41) is 0. The highest BCUT2D eigenvalue weighted by Gasteiger charge is 2.20. The molecule has 0 rings (SSSR count). The standard InChI is InChI=1S/C5H15NSi2/c1-6(2)8(4,5)7-3/h1-5H3. The minimum atomic E-state index is -0.894. The molecule has 8 heavy (non-hydrogen) atoms. The molecule has 0 saturated heterocycles. The predicted molar refractivity (Wildman–Crippen MR) is 42.8 cm³/mol. The third kappa shape index (κ3) is 2.11. The van der Waals surface area contributed by atoms with Gasteiger partial charge in [0.15, 0.2) is 0 Å². The molecule has 0 unspecified atom stereocenters. The lowest BCUT2D eigenvalue weighted by molar-refractivity contribution is 0.639. The maximum Gasteiger partial charge on any atom is 0.105 e. The van der Waals surface area contributed by atoms with Crippen LogP contribution < -0.4 is 0 Å². The molecule has 0 aromatic carbocycles. The smallest absolute Gasteiger partial charge is 0.105 e. The van der Waals surface area contributed by atoms with Crippen LogP contribution in [-0.2, 0) is 0 Å². The minimum Gasteiger partial charge on any atom is -0.332 e. The molecule has 0 bridgehead atoms. The third-order valence-electron chi connectivity index (χ3n) is 1.73. The maximum absolute atomic E-state index is 2.39. The first-order valence-electron chi connectivity index (χ1n) is 2.87. The van der Waals surface area contributed by atoms with Gasteiger partial charge in [-0.15, -0.1) is 0 Å². The molecule has 3 heteroatoms. The third-order valence-corrected chi connectivity index (χ3v) is 10.2. The molecule has 0 spiro atoms. The van der Waals surface area contributed by atoms with Crippen LogP contribution in [0.1, 0.15) is 0 Å². The number of hydrogen-bond donors (Lipinski definition) is 0. The molecule has 48 valence electrons. The van der Waals surface area contributed by atoms with Crippen molar-refractivity contribution >= 4 is 16.8 Å². The van der Waals surface area contributed by atoms with Gasteiger partial charge in [-0.2, -0.15) is 0 Å². The molecule has 0 heterocycles. The van der Waals surface area contributed by atoms with E-state index in [9.17, 15) is 0 Å². The van der Waals surface area contributed by atoms with E-state index in [0.29, 0.717) is 0 Å². The fourth-order valence-corrected chi connectivity index (χ4v) is 2.01. The van der Waals surface area contributed by atoms with Crippen molar-refractivity contribution in [1.82, 2.24) is 4.57 Å². The van der Waals surface area contributed by atoms with Gasteiger partial charge in [-0.3, -0.25) is 0 Å². The van der Waals surface area contributed by atoms with Gasteiger partial charge < -0.3 is 4.57 Å². The van der Waals surface area contributed by atoms with Crippen molar-refractivity contribution in [3.8, 4) is 0 Å². The second kappa shape index (κ2) is 2.80. The van der Waals surface area contributed by atoms with Gasteiger partial charge in [0.1, 0.15) is 7.75 Å². The summed E-state index contributed by atoms with van der Waals surface area (Å²) in [6, 6.07) is 0. The second-order valence-corrected chi connectivity index (χ2v) is 12.4. The monoisotopic (exact) mass is 145 g/mol. The molecule has 0 atom stereocenters. The predicted octanol–water partition coefficient (Wildman–Crippen LogP) is 1.00. The highest BCUT2D eigenvalue weighted by Crippen LogP contribution is 2.00. The molecule has 0 aliphatic carbocycles. The second-order valence-electron chi connectivity index (χ2n) is 2.70. The van der Waals surface area contributed by atoms with Crippen LogP contribution in [0, 0.1) is 0 Å². The van der Waals surface area contributed by atoms with Gasteiger partial charge in [-0.25, -0.2) is 0 Å². The van der Waals surface area contributed by atoms with Crippen LogP contribution >= 0.6 is 0 Å². The van der Waals surface area contributed by atoms with Crippen LogP contribution in [0.5, 0.6) is 0 Å². The Labute approximate surface area is 55.8 Å². The van der Waals surface area contributed by atoms with E-state index in [-0.39, 0.29) is 0 Å². The van der Waals surface area contributed by atoms with Gasteiger partial charge >= 0.3 is 0 Å². The first kappa shape index (κ1) is 8.39. The highest BCUT2D eigenvalue weighted by atomic mass is 29.2. The Kier molecular flexibility index (Phi) is 2.94. The number of nitrogens with zero attached hydrogens (tertiary/aromatic N) is 1. The molecule has 0 aromatic heterocycles. The van der Waals surface area contributed by atoms with Crippen molar-refractivity contribution in [2.75, 3.05) is 14.1 Å². The molecule has 0 N–H and O–H groups in total. The number of rotatable bonds is 2. The normalized spacial score (nSPS) is 12.8. The molecule has 2 radical (unpaired) electrons. The topological polar surface area (TPSA) is 3.24 Å². The molecular weight excluding hydrogens is 130 g/mol. The molecule has 0 saturated carbocycles. The zero-order valence-electron chi connectivity index (χ0n) is 6.45. The molecule has 0 aliphatic heterocycles. The molecule has 0 aliphatic rings. The van der Waals surface area contributed by atoms with Crippen LogP contribution in [-0.4, -0.2) is 35.5 Å². The average molecular weight is 145 g/mol. The maximum atomic E-state index is 2.39. The quantitative estimate of drug-likeness (QED) is 0.524. The SMILES string of the molecule is C[Si][Si](C)(C)N(C)C. The molecule has 0 aromatic rings. The summed E-state index contributed by atoms with van der Waals surface area (Å²) in [4.78, 5) is 0. The van der Waals surface area contributed by atoms with E-state index in [2.05, 4.69) is 38.3 Å². The van der Waals surface area contributed by atoms with Crippen molar-refractivity contribution in [2.24, 2.45) is 0 Å². The number of hydrogen-bond acceptors (Lipinski definition) is 1. The van der Waals surface area contributed by atoms with Gasteiger partial charge in [-0.05, 0) is 14.1 Å². The Morgan fingerprint density at radius 2 is 1.62 bits per heavy atom. The van der Waals surface area contributed by atoms with E-state index in [1.165, 1.54) is 0 Å². The van der Waals surface area contributed by atoms with Crippen molar-refractivity contribution in [1.29, 1.82) is 0 Å². The Hall–Kier alpha value is 0.394. The van der Waals surface area contributed by atoms with Crippen LogP contribution in [0.25, 0.3) is 0 Å². The van der Waals surface area contributed by atoms with E-state index >= 15 is 0 Å². The van der Waals surface area contributed by atoms with Crippen LogP contribution in [0.3, 0.4) is 0 Å². The van der Waals surface area contributed by atoms with Gasteiger partial charge in [0.25, 0.3) is 0 Å². The van der Waals surface area contributed by atoms with Crippen LogP contribution in [0.15, 0.2) is 0 Å².